The summed E-state index contributed by atoms with van der Waals surface area (Å²) in [4.78, 5) is 5.24. The molecule has 0 N–H and O–H groups in total. The van der Waals surface area contributed by atoms with Gasteiger partial charge in [0, 0.05) is 19.2 Å². The van der Waals surface area contributed by atoms with Gasteiger partial charge in [-0.15, -0.1) is 0 Å². The third-order valence-corrected chi connectivity index (χ3v) is 3.06. The molecule has 2 aromatic rings. The average Bonchev–Trinajstić information content (AvgIpc) is 2.39. The molecule has 0 atom stereocenters. The van der Waals surface area contributed by atoms with Gasteiger partial charge in [0.15, 0.2) is 0 Å². The van der Waals surface area contributed by atoms with Crippen LogP contribution in [0.15, 0.2) is 36.4 Å². The maximum absolute atomic E-state index is 13.6. The second kappa shape index (κ2) is 5.89. The van der Waals surface area contributed by atoms with Gasteiger partial charge in [-0.05, 0) is 18.2 Å². The minimum Gasteiger partial charge on any atom is -0.355 e. The summed E-state index contributed by atoms with van der Waals surface area (Å²) < 4.78 is 51.8. The molecule has 0 fully saturated rings. The fraction of sp³-hybridized carbons (Fsp3) is 0.214. The summed E-state index contributed by atoms with van der Waals surface area (Å²) in [6.45, 7) is 0.0807. The molecule has 1 aromatic carbocycles. The van der Waals surface area contributed by atoms with Crippen LogP contribution in [0.25, 0.3) is 0 Å². The van der Waals surface area contributed by atoms with Crippen molar-refractivity contribution in [2.24, 2.45) is 0 Å². The number of alkyl halides is 3. The monoisotopic (exact) mass is 318 g/mol. The number of hydrogen-bond acceptors (Lipinski definition) is 2. The zero-order chi connectivity index (χ0) is 15.6. The predicted octanol–water partition coefficient (Wildman–Crippen LogP) is 4.53. The average molecular weight is 319 g/mol. The van der Waals surface area contributed by atoms with Gasteiger partial charge in [0.2, 0.25) is 0 Å². The summed E-state index contributed by atoms with van der Waals surface area (Å²) in [5.41, 5.74) is -0.534. The normalized spacial score (nSPS) is 11.5. The molecule has 7 heteroatoms. The number of rotatable bonds is 3. The van der Waals surface area contributed by atoms with Gasteiger partial charge in [-0.25, -0.2) is 9.37 Å². The van der Waals surface area contributed by atoms with E-state index in [0.717, 1.165) is 12.1 Å². The van der Waals surface area contributed by atoms with Crippen LogP contribution in [0, 0.1) is 5.82 Å². The van der Waals surface area contributed by atoms with Crippen molar-refractivity contribution in [1.82, 2.24) is 4.98 Å². The van der Waals surface area contributed by atoms with Gasteiger partial charge in [0.05, 0.1) is 5.56 Å². The van der Waals surface area contributed by atoms with Crippen molar-refractivity contribution < 1.29 is 17.6 Å². The second-order valence-electron chi connectivity index (χ2n) is 4.48. The molecule has 0 bridgehead atoms. The van der Waals surface area contributed by atoms with Gasteiger partial charge in [0.1, 0.15) is 16.8 Å². The van der Waals surface area contributed by atoms with Crippen LogP contribution in [-0.4, -0.2) is 12.0 Å². The van der Waals surface area contributed by atoms with Crippen LogP contribution in [0.5, 0.6) is 0 Å². The molecular formula is C14H11ClF4N2. The molecule has 1 aromatic heterocycles. The first kappa shape index (κ1) is 15.6. The Kier molecular flexibility index (Phi) is 4.37. The number of pyridine rings is 1. The predicted molar refractivity (Wildman–Crippen MR) is 72.8 cm³/mol. The van der Waals surface area contributed by atoms with Crippen LogP contribution in [0.2, 0.25) is 5.15 Å². The van der Waals surface area contributed by atoms with Crippen LogP contribution in [-0.2, 0) is 12.7 Å². The van der Waals surface area contributed by atoms with Crippen molar-refractivity contribution in [3.63, 3.8) is 0 Å². The molecule has 0 unspecified atom stereocenters. The number of benzene rings is 1. The maximum Gasteiger partial charge on any atom is 0.416 e. The number of aromatic nitrogens is 1. The highest BCUT2D eigenvalue weighted by Gasteiger charge is 2.31. The van der Waals surface area contributed by atoms with E-state index in [1.165, 1.54) is 24.1 Å². The molecule has 0 saturated carbocycles. The summed E-state index contributed by atoms with van der Waals surface area (Å²) in [7, 11) is 1.52. The highest BCUT2D eigenvalue weighted by molar-refractivity contribution is 6.29. The van der Waals surface area contributed by atoms with E-state index in [-0.39, 0.29) is 17.5 Å². The summed E-state index contributed by atoms with van der Waals surface area (Å²) in [5, 5.41) is -0.264. The Hall–Kier alpha value is -1.82. The van der Waals surface area contributed by atoms with E-state index in [4.69, 9.17) is 11.6 Å². The SMILES string of the molecule is CN(Cc1ccccc1F)c1cc(C(F)(F)F)cc(Cl)n1. The van der Waals surface area contributed by atoms with Gasteiger partial charge >= 0.3 is 6.18 Å². The number of anilines is 1. The van der Waals surface area contributed by atoms with E-state index in [1.807, 2.05) is 0 Å². The molecule has 0 aliphatic rings. The Labute approximate surface area is 124 Å². The molecule has 2 nitrogen and oxygen atoms in total. The van der Waals surface area contributed by atoms with Crippen LogP contribution in [0.4, 0.5) is 23.4 Å². The molecule has 0 radical (unpaired) electrons. The van der Waals surface area contributed by atoms with Crippen molar-refractivity contribution in [2.45, 2.75) is 12.7 Å². The third kappa shape index (κ3) is 3.85. The molecule has 112 valence electrons. The highest BCUT2D eigenvalue weighted by Crippen LogP contribution is 2.32. The first-order chi connectivity index (χ1) is 9.77. The standard InChI is InChI=1S/C14H11ClF4N2/c1-21(8-9-4-2-3-5-11(9)16)13-7-10(14(17,18)19)6-12(15)20-13/h2-7H,8H2,1H3. The van der Waals surface area contributed by atoms with Crippen molar-refractivity contribution in [2.75, 3.05) is 11.9 Å². The van der Waals surface area contributed by atoms with Crippen molar-refractivity contribution >= 4 is 17.4 Å². The Morgan fingerprint density at radius 2 is 1.86 bits per heavy atom. The van der Waals surface area contributed by atoms with E-state index >= 15 is 0 Å². The lowest BCUT2D eigenvalue weighted by molar-refractivity contribution is -0.137. The number of hydrogen-bond donors (Lipinski definition) is 0. The van der Waals surface area contributed by atoms with E-state index in [0.29, 0.717) is 5.56 Å². The lowest BCUT2D eigenvalue weighted by Gasteiger charge is -2.20. The molecule has 0 amide bonds. The zero-order valence-corrected chi connectivity index (χ0v) is 11.7. The van der Waals surface area contributed by atoms with E-state index in [1.54, 1.807) is 12.1 Å². The molecule has 21 heavy (non-hydrogen) atoms. The van der Waals surface area contributed by atoms with Gasteiger partial charge < -0.3 is 4.90 Å². The molecule has 2 rings (SSSR count). The minimum absolute atomic E-state index is 0.0260. The zero-order valence-electron chi connectivity index (χ0n) is 11.0. The fourth-order valence-electron chi connectivity index (χ4n) is 1.81. The lowest BCUT2D eigenvalue weighted by atomic mass is 10.2. The minimum atomic E-state index is -4.51. The Morgan fingerprint density at radius 1 is 1.19 bits per heavy atom. The van der Waals surface area contributed by atoms with Gasteiger partial charge in [-0.3, -0.25) is 0 Å². The first-order valence-corrected chi connectivity index (χ1v) is 6.34. The number of nitrogens with zero attached hydrogens (tertiary/aromatic N) is 2. The summed E-state index contributed by atoms with van der Waals surface area (Å²) in [5.74, 6) is -0.402. The molecule has 1 heterocycles. The largest absolute Gasteiger partial charge is 0.416 e. The van der Waals surface area contributed by atoms with Crippen LogP contribution in [0.1, 0.15) is 11.1 Å². The lowest BCUT2D eigenvalue weighted by Crippen LogP contribution is -2.19. The Balaban J connectivity index is 2.29. The van der Waals surface area contributed by atoms with Crippen molar-refractivity contribution in [1.29, 1.82) is 0 Å². The van der Waals surface area contributed by atoms with Crippen LogP contribution in [0.3, 0.4) is 0 Å². The Bertz CT molecular complexity index is 643. The highest BCUT2D eigenvalue weighted by atomic mass is 35.5. The molecule has 0 spiro atoms. The van der Waals surface area contributed by atoms with Gasteiger partial charge in [0.25, 0.3) is 0 Å². The van der Waals surface area contributed by atoms with Gasteiger partial charge in [-0.2, -0.15) is 13.2 Å². The molecular weight excluding hydrogens is 308 g/mol. The Morgan fingerprint density at radius 3 is 2.48 bits per heavy atom. The third-order valence-electron chi connectivity index (χ3n) is 2.86. The molecule has 0 aliphatic carbocycles. The smallest absolute Gasteiger partial charge is 0.355 e. The van der Waals surface area contributed by atoms with Crippen molar-refractivity contribution in [3.8, 4) is 0 Å². The van der Waals surface area contributed by atoms with E-state index in [9.17, 15) is 17.6 Å². The second-order valence-corrected chi connectivity index (χ2v) is 4.87. The van der Waals surface area contributed by atoms with E-state index in [2.05, 4.69) is 4.98 Å². The first-order valence-electron chi connectivity index (χ1n) is 5.96. The van der Waals surface area contributed by atoms with Crippen LogP contribution >= 0.6 is 11.6 Å². The topological polar surface area (TPSA) is 16.1 Å². The fourth-order valence-corrected chi connectivity index (χ4v) is 2.01. The molecule has 0 saturated heterocycles. The summed E-state index contributed by atoms with van der Waals surface area (Å²) in [6, 6.07) is 7.67. The number of halogens is 5. The van der Waals surface area contributed by atoms with Gasteiger partial charge in [-0.1, -0.05) is 29.8 Å². The van der Waals surface area contributed by atoms with Crippen molar-refractivity contribution in [3.05, 3.63) is 58.5 Å². The maximum atomic E-state index is 13.6. The summed E-state index contributed by atoms with van der Waals surface area (Å²) in [6.07, 6.45) is -4.51. The molecule has 0 aliphatic heterocycles. The summed E-state index contributed by atoms with van der Waals surface area (Å²) >= 11 is 5.62. The quantitative estimate of drug-likeness (QED) is 0.610. The van der Waals surface area contributed by atoms with E-state index < -0.39 is 17.6 Å². The van der Waals surface area contributed by atoms with Crippen LogP contribution < -0.4 is 4.90 Å².